The van der Waals surface area contributed by atoms with Gasteiger partial charge in [-0.2, -0.15) is 13.2 Å². The molecule has 0 bridgehead atoms. The SMILES string of the molecule is CC1SCNC1[C@@H](C1CCC1)C1CCCC(n2cc3c(C(F)(F)F)cc(CN4CCC[C@H](C)C4)cn3c2=O)C1. The van der Waals surface area contributed by atoms with Gasteiger partial charge >= 0.3 is 11.9 Å². The van der Waals surface area contributed by atoms with Crippen LogP contribution >= 0.6 is 11.8 Å². The summed E-state index contributed by atoms with van der Waals surface area (Å²) in [5.74, 6) is 3.35. The van der Waals surface area contributed by atoms with Crippen LogP contribution in [0.4, 0.5) is 13.2 Å². The lowest BCUT2D eigenvalue weighted by molar-refractivity contribution is -0.136. The number of imidazole rings is 1. The molecule has 4 fully saturated rings. The molecule has 2 aromatic rings. The van der Waals surface area contributed by atoms with E-state index in [0.717, 1.165) is 63.4 Å². The molecule has 2 aliphatic carbocycles. The molecule has 6 rings (SSSR count). The first-order chi connectivity index (χ1) is 18.7. The number of piperidine rings is 1. The van der Waals surface area contributed by atoms with E-state index in [-0.39, 0.29) is 17.2 Å². The molecule has 0 aromatic carbocycles. The van der Waals surface area contributed by atoms with Gasteiger partial charge in [-0.05, 0) is 74.0 Å². The molecule has 0 radical (unpaired) electrons. The first-order valence-electron chi connectivity index (χ1n) is 15.1. The third kappa shape index (κ3) is 5.56. The quantitative estimate of drug-likeness (QED) is 0.432. The Labute approximate surface area is 233 Å². The van der Waals surface area contributed by atoms with Gasteiger partial charge in [0.2, 0.25) is 0 Å². The van der Waals surface area contributed by atoms with E-state index in [1.165, 1.54) is 35.9 Å². The number of thioether (sulfide) groups is 1. The molecule has 1 N–H and O–H groups in total. The predicted octanol–water partition coefficient (Wildman–Crippen LogP) is 6.55. The molecule has 4 unspecified atom stereocenters. The number of halogens is 3. The molecule has 2 saturated carbocycles. The first kappa shape index (κ1) is 27.7. The number of alkyl halides is 3. The van der Waals surface area contributed by atoms with E-state index in [2.05, 4.69) is 24.1 Å². The van der Waals surface area contributed by atoms with E-state index in [9.17, 15) is 18.0 Å². The maximum atomic E-state index is 14.3. The molecule has 6 atom stereocenters. The average molecular weight is 565 g/mol. The van der Waals surface area contributed by atoms with Gasteiger partial charge in [0.1, 0.15) is 0 Å². The number of hydrogen-bond acceptors (Lipinski definition) is 4. The summed E-state index contributed by atoms with van der Waals surface area (Å²) in [4.78, 5) is 15.9. The number of nitrogens with zero attached hydrogens (tertiary/aromatic N) is 3. The fraction of sp³-hybridized carbons (Fsp3) is 0.767. The van der Waals surface area contributed by atoms with Crippen molar-refractivity contribution in [2.24, 2.45) is 23.7 Å². The van der Waals surface area contributed by atoms with E-state index >= 15 is 0 Å². The minimum absolute atomic E-state index is 0.0107. The van der Waals surface area contributed by atoms with E-state index in [0.29, 0.717) is 41.2 Å². The van der Waals surface area contributed by atoms with Crippen LogP contribution in [-0.4, -0.2) is 44.1 Å². The molecular formula is C30H43F3N4OS. The second kappa shape index (κ2) is 11.1. The number of pyridine rings is 1. The minimum Gasteiger partial charge on any atom is -0.304 e. The monoisotopic (exact) mass is 564 g/mol. The van der Waals surface area contributed by atoms with Crippen LogP contribution < -0.4 is 11.0 Å². The molecule has 2 aromatic heterocycles. The number of nitrogens with one attached hydrogen (secondary N) is 1. The largest absolute Gasteiger partial charge is 0.418 e. The van der Waals surface area contributed by atoms with Crippen molar-refractivity contribution in [3.8, 4) is 0 Å². The van der Waals surface area contributed by atoms with Crippen LogP contribution in [0, 0.1) is 23.7 Å². The Morgan fingerprint density at radius 3 is 2.49 bits per heavy atom. The fourth-order valence-corrected chi connectivity index (χ4v) is 9.16. The highest BCUT2D eigenvalue weighted by Gasteiger charge is 2.44. The Balaban J connectivity index is 1.31. The molecule has 0 amide bonds. The van der Waals surface area contributed by atoms with E-state index in [1.807, 2.05) is 11.8 Å². The number of fused-ring (bicyclic) bond motifs is 1. The summed E-state index contributed by atoms with van der Waals surface area (Å²) in [5, 5.41) is 4.34. The van der Waals surface area contributed by atoms with Crippen molar-refractivity contribution in [3.63, 3.8) is 0 Å². The van der Waals surface area contributed by atoms with Crippen molar-refractivity contribution in [2.45, 2.75) is 102 Å². The summed E-state index contributed by atoms with van der Waals surface area (Å²) < 4.78 is 45.8. The summed E-state index contributed by atoms with van der Waals surface area (Å²) >= 11 is 1.99. The Morgan fingerprint density at radius 2 is 1.82 bits per heavy atom. The zero-order chi connectivity index (χ0) is 27.3. The highest BCUT2D eigenvalue weighted by atomic mass is 32.2. The maximum absolute atomic E-state index is 14.3. The van der Waals surface area contributed by atoms with E-state index < -0.39 is 11.7 Å². The molecule has 5 nitrogen and oxygen atoms in total. The van der Waals surface area contributed by atoms with Gasteiger partial charge in [-0.1, -0.05) is 39.5 Å². The Morgan fingerprint density at radius 1 is 1.05 bits per heavy atom. The standard InChI is InChI=1S/C30H43F3N4OS/c1-19-6-5-11-35(14-19)15-21-12-25(30(31,32)33)26-17-36(29(38)37(26)16-21)24-10-4-9-23(13-24)27(22-7-3-8-22)28-20(2)39-18-34-28/h12,16-17,19-20,22-24,27-28,34H,3-11,13-15,18H2,1-2H3/t19-,20?,23?,24?,27-,28?/m0/s1. The predicted molar refractivity (Wildman–Crippen MR) is 151 cm³/mol. The first-order valence-corrected chi connectivity index (χ1v) is 16.1. The smallest absolute Gasteiger partial charge is 0.304 e. The Hall–Kier alpha value is -1.45. The second-order valence-corrected chi connectivity index (χ2v) is 14.3. The van der Waals surface area contributed by atoms with E-state index in [4.69, 9.17) is 0 Å². The Bertz CT molecular complexity index is 1220. The molecule has 4 heterocycles. The van der Waals surface area contributed by atoms with Gasteiger partial charge in [0.05, 0.1) is 11.1 Å². The number of hydrogen-bond donors (Lipinski definition) is 1. The van der Waals surface area contributed by atoms with Gasteiger partial charge in [-0.25, -0.2) is 4.79 Å². The lowest BCUT2D eigenvalue weighted by Gasteiger charge is -2.45. The number of aromatic nitrogens is 2. The summed E-state index contributed by atoms with van der Waals surface area (Å²) in [6, 6.07) is 1.72. The molecule has 9 heteroatoms. The highest BCUT2D eigenvalue weighted by molar-refractivity contribution is 8.00. The van der Waals surface area contributed by atoms with Gasteiger partial charge in [-0.3, -0.25) is 13.9 Å². The van der Waals surface area contributed by atoms with Crippen LogP contribution in [0.25, 0.3) is 5.52 Å². The van der Waals surface area contributed by atoms with Crippen LogP contribution in [0.15, 0.2) is 23.3 Å². The van der Waals surface area contributed by atoms with Crippen molar-refractivity contribution in [3.05, 3.63) is 40.1 Å². The zero-order valence-corrected chi connectivity index (χ0v) is 24.1. The normalized spacial score (nSPS) is 32.0. The van der Waals surface area contributed by atoms with Crippen LogP contribution in [0.5, 0.6) is 0 Å². The molecule has 39 heavy (non-hydrogen) atoms. The topological polar surface area (TPSA) is 41.7 Å². The average Bonchev–Trinajstić information content (AvgIpc) is 3.43. The van der Waals surface area contributed by atoms with Gasteiger partial charge < -0.3 is 5.32 Å². The van der Waals surface area contributed by atoms with Crippen LogP contribution in [-0.2, 0) is 12.7 Å². The lowest BCUT2D eigenvalue weighted by atomic mass is 9.63. The van der Waals surface area contributed by atoms with Crippen LogP contribution in [0.3, 0.4) is 0 Å². The molecule has 2 aliphatic heterocycles. The van der Waals surface area contributed by atoms with Crippen molar-refractivity contribution in [1.82, 2.24) is 19.2 Å². The third-order valence-electron chi connectivity index (χ3n) is 10.2. The number of likely N-dealkylation sites (tertiary alicyclic amines) is 1. The summed E-state index contributed by atoms with van der Waals surface area (Å²) in [6.07, 6.45) is 8.66. The summed E-state index contributed by atoms with van der Waals surface area (Å²) in [5.41, 5.74) is -0.461. The van der Waals surface area contributed by atoms with E-state index in [1.54, 1.807) is 10.8 Å². The maximum Gasteiger partial charge on any atom is 0.418 e. The van der Waals surface area contributed by atoms with Crippen molar-refractivity contribution in [1.29, 1.82) is 0 Å². The second-order valence-electron chi connectivity index (χ2n) is 12.9. The summed E-state index contributed by atoms with van der Waals surface area (Å²) in [6.45, 7) is 6.73. The van der Waals surface area contributed by atoms with Gasteiger partial charge in [0.25, 0.3) is 0 Å². The van der Waals surface area contributed by atoms with Gasteiger partial charge in [0.15, 0.2) is 0 Å². The number of rotatable bonds is 6. The zero-order valence-electron chi connectivity index (χ0n) is 23.3. The van der Waals surface area contributed by atoms with Crippen molar-refractivity contribution < 1.29 is 13.2 Å². The van der Waals surface area contributed by atoms with Crippen LogP contribution in [0.2, 0.25) is 0 Å². The lowest BCUT2D eigenvalue weighted by Crippen LogP contribution is -2.47. The van der Waals surface area contributed by atoms with Gasteiger partial charge in [0, 0.05) is 48.7 Å². The molecule has 216 valence electrons. The molecular weight excluding hydrogens is 521 g/mol. The third-order valence-corrected chi connectivity index (χ3v) is 11.4. The van der Waals surface area contributed by atoms with Crippen LogP contribution in [0.1, 0.15) is 88.8 Å². The van der Waals surface area contributed by atoms with Crippen molar-refractivity contribution in [2.75, 3.05) is 19.0 Å². The molecule has 2 saturated heterocycles. The fourth-order valence-electron chi connectivity index (χ4n) is 8.12. The van der Waals surface area contributed by atoms with Crippen molar-refractivity contribution >= 4 is 17.3 Å². The molecule has 4 aliphatic rings. The molecule has 0 spiro atoms. The summed E-state index contributed by atoms with van der Waals surface area (Å²) in [7, 11) is 0. The van der Waals surface area contributed by atoms with Gasteiger partial charge in [-0.15, -0.1) is 11.8 Å². The highest BCUT2D eigenvalue weighted by Crippen LogP contribution is 2.48. The Kier molecular flexibility index (Phi) is 7.88. The minimum atomic E-state index is -4.51.